The molecular formula is C24H23Cl2N3OS2. The van der Waals surface area contributed by atoms with E-state index in [2.05, 4.69) is 26.8 Å². The molecule has 0 spiro atoms. The zero-order valence-corrected chi connectivity index (χ0v) is 21.2. The molecule has 8 heteroatoms. The molecular weight excluding hydrogens is 481 g/mol. The maximum Gasteiger partial charge on any atom is 0.162 e. The molecule has 0 saturated carbocycles. The first-order chi connectivity index (χ1) is 15.2. The first-order valence-electron chi connectivity index (χ1n) is 10.3. The number of ketones is 1. The number of hydrogen-bond acceptors (Lipinski definition) is 6. The lowest BCUT2D eigenvalue weighted by molar-refractivity contribution is -0.118. The van der Waals surface area contributed by atoms with Gasteiger partial charge in [-0.2, -0.15) is 5.26 Å². The van der Waals surface area contributed by atoms with Crippen LogP contribution < -0.4 is 10.6 Å². The molecule has 1 aliphatic carbocycles. The smallest absolute Gasteiger partial charge is 0.162 e. The van der Waals surface area contributed by atoms with Crippen LogP contribution in [0.2, 0.25) is 10.0 Å². The first kappa shape index (κ1) is 23.3. The Kier molecular flexibility index (Phi) is 6.39. The Labute approximate surface area is 206 Å². The highest BCUT2D eigenvalue weighted by Gasteiger charge is 2.45. The molecule has 4 rings (SSSR count). The molecule has 4 nitrogen and oxygen atoms in total. The maximum absolute atomic E-state index is 13.6. The largest absolute Gasteiger partial charge is 0.384 e. The summed E-state index contributed by atoms with van der Waals surface area (Å²) in [4.78, 5) is 15.4. The second kappa shape index (κ2) is 8.79. The molecule has 0 amide bonds. The molecule has 2 aromatic rings. The van der Waals surface area contributed by atoms with Gasteiger partial charge in [0.15, 0.2) is 5.78 Å². The number of carbonyl (C=O) groups excluding carboxylic acids is 1. The van der Waals surface area contributed by atoms with Crippen LogP contribution >= 0.6 is 46.3 Å². The van der Waals surface area contributed by atoms with E-state index in [9.17, 15) is 10.1 Å². The highest BCUT2D eigenvalue weighted by atomic mass is 35.5. The zero-order valence-electron chi connectivity index (χ0n) is 18.0. The van der Waals surface area contributed by atoms with E-state index in [1.807, 2.05) is 22.4 Å². The van der Waals surface area contributed by atoms with E-state index in [0.717, 1.165) is 21.2 Å². The Morgan fingerprint density at radius 1 is 1.28 bits per heavy atom. The fourth-order valence-corrected chi connectivity index (χ4v) is 6.87. The van der Waals surface area contributed by atoms with Gasteiger partial charge in [0.1, 0.15) is 5.82 Å². The maximum atomic E-state index is 13.6. The molecule has 0 saturated heterocycles. The number of thioether (sulfide) groups is 1. The minimum absolute atomic E-state index is 0.0604. The minimum atomic E-state index is -0.460. The molecule has 1 aromatic heterocycles. The van der Waals surface area contributed by atoms with Crippen LogP contribution in [0.4, 0.5) is 5.69 Å². The average molecular weight is 505 g/mol. The highest BCUT2D eigenvalue weighted by Crippen LogP contribution is 2.52. The van der Waals surface area contributed by atoms with Crippen molar-refractivity contribution in [1.82, 2.24) is 0 Å². The van der Waals surface area contributed by atoms with Gasteiger partial charge in [0.05, 0.1) is 31.8 Å². The van der Waals surface area contributed by atoms with Gasteiger partial charge in [-0.15, -0.1) is 23.1 Å². The lowest BCUT2D eigenvalue weighted by Crippen LogP contribution is -2.42. The van der Waals surface area contributed by atoms with Gasteiger partial charge in [0, 0.05) is 23.4 Å². The van der Waals surface area contributed by atoms with Crippen molar-refractivity contribution in [3.8, 4) is 6.07 Å². The predicted molar refractivity (Wildman–Crippen MR) is 134 cm³/mol. The third-order valence-corrected chi connectivity index (χ3v) is 8.68. The van der Waals surface area contributed by atoms with Crippen LogP contribution in [-0.4, -0.2) is 11.5 Å². The number of thiophene rings is 1. The number of allylic oxidation sites excluding steroid dienone is 3. The standard InChI is InChI=1S/C24H23Cl2N3OS2/c1-4-31-23-14(7-8-32-23)20-15(12-27)22(28)29(13-5-6-16(25)17(26)9-13)18-10-24(2,3)11-19(30)21(18)20/h5-9,20H,4,10-11,28H2,1-3H3/t20-/m1/s1. The summed E-state index contributed by atoms with van der Waals surface area (Å²) in [5, 5.41) is 13.0. The van der Waals surface area contributed by atoms with Crippen molar-refractivity contribution in [3.63, 3.8) is 0 Å². The molecule has 0 radical (unpaired) electrons. The summed E-state index contributed by atoms with van der Waals surface area (Å²) in [5.41, 5.74) is 10.0. The number of nitriles is 1. The number of anilines is 1. The summed E-state index contributed by atoms with van der Waals surface area (Å²) in [5.74, 6) is 0.839. The third-order valence-electron chi connectivity index (χ3n) is 5.79. The summed E-state index contributed by atoms with van der Waals surface area (Å²) in [6.45, 7) is 6.26. The molecule has 2 heterocycles. The molecule has 2 aliphatic rings. The quantitative estimate of drug-likeness (QED) is 0.450. The van der Waals surface area contributed by atoms with Gasteiger partial charge in [-0.25, -0.2) is 0 Å². The Hall–Kier alpha value is -1.91. The van der Waals surface area contributed by atoms with Crippen molar-refractivity contribution in [1.29, 1.82) is 5.26 Å². The van der Waals surface area contributed by atoms with E-state index in [1.165, 1.54) is 0 Å². The summed E-state index contributed by atoms with van der Waals surface area (Å²) < 4.78 is 1.12. The van der Waals surface area contributed by atoms with Crippen molar-refractivity contribution >= 4 is 57.8 Å². The van der Waals surface area contributed by atoms with E-state index in [-0.39, 0.29) is 11.2 Å². The van der Waals surface area contributed by atoms with Crippen LogP contribution in [0.1, 0.15) is 45.1 Å². The van der Waals surface area contributed by atoms with Gasteiger partial charge in [-0.1, -0.05) is 44.0 Å². The second-order valence-corrected chi connectivity index (χ2v) is 11.9. The van der Waals surface area contributed by atoms with E-state index in [1.54, 1.807) is 35.2 Å². The fraction of sp³-hybridized carbons (Fsp3) is 0.333. The Bertz CT molecular complexity index is 1210. The number of nitrogens with two attached hydrogens (primary N) is 1. The van der Waals surface area contributed by atoms with Crippen molar-refractivity contribution in [2.45, 2.75) is 43.7 Å². The molecule has 1 aliphatic heterocycles. The highest BCUT2D eigenvalue weighted by molar-refractivity contribution is 8.01. The van der Waals surface area contributed by atoms with Gasteiger partial charge < -0.3 is 5.73 Å². The van der Waals surface area contributed by atoms with Gasteiger partial charge >= 0.3 is 0 Å². The molecule has 0 bridgehead atoms. The molecule has 0 unspecified atom stereocenters. The molecule has 166 valence electrons. The number of nitrogens with zero attached hydrogens (tertiary/aromatic N) is 2. The Balaban J connectivity index is 2.00. The molecule has 0 fully saturated rings. The van der Waals surface area contributed by atoms with E-state index < -0.39 is 5.92 Å². The zero-order chi connectivity index (χ0) is 23.2. The molecule has 1 atom stereocenters. The third kappa shape index (κ3) is 3.97. The first-order valence-corrected chi connectivity index (χ1v) is 12.9. The van der Waals surface area contributed by atoms with E-state index in [0.29, 0.717) is 45.5 Å². The van der Waals surface area contributed by atoms with Crippen molar-refractivity contribution in [2.24, 2.45) is 11.1 Å². The summed E-state index contributed by atoms with van der Waals surface area (Å²) in [7, 11) is 0. The van der Waals surface area contributed by atoms with Gasteiger partial charge in [-0.3, -0.25) is 9.69 Å². The Morgan fingerprint density at radius 3 is 2.69 bits per heavy atom. The monoisotopic (exact) mass is 503 g/mol. The van der Waals surface area contributed by atoms with Crippen LogP contribution in [0.15, 0.2) is 56.5 Å². The summed E-state index contributed by atoms with van der Waals surface area (Å²) >= 11 is 15.8. The normalized spacial score (nSPS) is 20.4. The SMILES string of the molecule is CCSc1sccc1[C@@H]1C(C#N)=C(N)N(c2ccc(Cl)c(Cl)c2)C2=C1C(=O)CC(C)(C)C2. The van der Waals surface area contributed by atoms with E-state index in [4.69, 9.17) is 28.9 Å². The van der Waals surface area contributed by atoms with Crippen molar-refractivity contribution in [3.05, 3.63) is 67.9 Å². The summed E-state index contributed by atoms with van der Waals surface area (Å²) in [6.07, 6.45) is 1.08. The van der Waals surface area contributed by atoms with Crippen LogP contribution in [0.3, 0.4) is 0 Å². The second-order valence-electron chi connectivity index (χ2n) is 8.68. The van der Waals surface area contributed by atoms with Gasteiger partial charge in [0.2, 0.25) is 0 Å². The van der Waals surface area contributed by atoms with Crippen LogP contribution in [0, 0.1) is 16.7 Å². The Morgan fingerprint density at radius 2 is 2.03 bits per heavy atom. The van der Waals surface area contributed by atoms with Crippen LogP contribution in [0.25, 0.3) is 0 Å². The lowest BCUT2D eigenvalue weighted by atomic mass is 9.69. The average Bonchev–Trinajstić information content (AvgIpc) is 3.17. The number of halogens is 2. The van der Waals surface area contributed by atoms with Gasteiger partial charge in [-0.05, 0) is 52.8 Å². The summed E-state index contributed by atoms with van der Waals surface area (Å²) in [6, 6.07) is 9.59. The number of carbonyl (C=O) groups is 1. The van der Waals surface area contributed by atoms with Crippen molar-refractivity contribution in [2.75, 3.05) is 10.7 Å². The van der Waals surface area contributed by atoms with Gasteiger partial charge in [0.25, 0.3) is 0 Å². The molecule has 2 N–H and O–H groups in total. The minimum Gasteiger partial charge on any atom is -0.384 e. The number of rotatable bonds is 4. The fourth-order valence-electron chi connectivity index (χ4n) is 4.51. The number of benzene rings is 1. The molecule has 1 aromatic carbocycles. The predicted octanol–water partition coefficient (Wildman–Crippen LogP) is 7.11. The number of hydrogen-bond donors (Lipinski definition) is 1. The van der Waals surface area contributed by atoms with Crippen molar-refractivity contribution < 1.29 is 4.79 Å². The molecule has 32 heavy (non-hydrogen) atoms. The lowest BCUT2D eigenvalue weighted by Gasteiger charge is -2.43. The number of Topliss-reactive ketones (excluding diaryl/α,β-unsaturated/α-hetero) is 1. The topological polar surface area (TPSA) is 70.1 Å². The van der Waals surface area contributed by atoms with Crippen LogP contribution in [0.5, 0.6) is 0 Å². The van der Waals surface area contributed by atoms with Crippen LogP contribution in [-0.2, 0) is 4.79 Å². The van der Waals surface area contributed by atoms with E-state index >= 15 is 0 Å².